The van der Waals surface area contributed by atoms with Crippen molar-refractivity contribution in [1.82, 2.24) is 10.6 Å². The third-order valence-electron chi connectivity index (χ3n) is 1.62. The molecule has 0 rings (SSSR count). The van der Waals surface area contributed by atoms with Gasteiger partial charge in [-0.15, -0.1) is 6.58 Å². The van der Waals surface area contributed by atoms with Crippen LogP contribution in [0.4, 0.5) is 0 Å². The van der Waals surface area contributed by atoms with Crippen LogP contribution in [-0.2, 0) is 4.79 Å². The topological polar surface area (TPSA) is 41.1 Å². The van der Waals surface area contributed by atoms with Crippen LogP contribution in [0.5, 0.6) is 0 Å². The molecule has 76 valence electrons. The Morgan fingerprint density at radius 3 is 2.54 bits per heavy atom. The van der Waals surface area contributed by atoms with E-state index in [1.54, 1.807) is 0 Å². The highest BCUT2D eigenvalue weighted by Gasteiger charge is 2.11. The van der Waals surface area contributed by atoms with Gasteiger partial charge < -0.3 is 10.6 Å². The number of hydrogen-bond acceptors (Lipinski definition) is 2. The summed E-state index contributed by atoms with van der Waals surface area (Å²) in [4.78, 5) is 11.3. The van der Waals surface area contributed by atoms with E-state index < -0.39 is 0 Å². The van der Waals surface area contributed by atoms with Gasteiger partial charge in [0.05, 0.1) is 6.04 Å². The molecule has 0 aliphatic carbocycles. The van der Waals surface area contributed by atoms with Crippen molar-refractivity contribution in [3.05, 3.63) is 12.7 Å². The van der Waals surface area contributed by atoms with Crippen LogP contribution in [0.25, 0.3) is 0 Å². The lowest BCUT2D eigenvalue weighted by Gasteiger charge is -2.15. The first kappa shape index (κ1) is 12.2. The van der Waals surface area contributed by atoms with Gasteiger partial charge in [-0.1, -0.05) is 6.08 Å². The Morgan fingerprint density at radius 2 is 2.08 bits per heavy atom. The first-order valence-corrected chi connectivity index (χ1v) is 4.72. The number of rotatable bonds is 6. The highest BCUT2D eigenvalue weighted by atomic mass is 16.2. The molecule has 0 aromatic carbocycles. The van der Waals surface area contributed by atoms with Gasteiger partial charge in [0.1, 0.15) is 0 Å². The minimum absolute atomic E-state index is 0.0547. The first-order chi connectivity index (χ1) is 6.07. The van der Waals surface area contributed by atoms with Crippen LogP contribution in [0.15, 0.2) is 12.7 Å². The van der Waals surface area contributed by atoms with Gasteiger partial charge in [-0.3, -0.25) is 4.79 Å². The molecule has 1 atom stereocenters. The molecule has 3 nitrogen and oxygen atoms in total. The Labute approximate surface area is 80.6 Å². The van der Waals surface area contributed by atoms with Gasteiger partial charge in [-0.25, -0.2) is 0 Å². The summed E-state index contributed by atoms with van der Waals surface area (Å²) in [6.45, 7) is 10.2. The van der Waals surface area contributed by atoms with Crippen LogP contribution in [0.3, 0.4) is 0 Å². The molecule has 0 aromatic heterocycles. The Kier molecular flexibility index (Phi) is 6.24. The maximum Gasteiger partial charge on any atom is 0.237 e. The number of nitrogens with one attached hydrogen (secondary N) is 2. The molecule has 0 aliphatic heterocycles. The maximum atomic E-state index is 11.3. The Hall–Kier alpha value is -0.830. The zero-order chi connectivity index (χ0) is 10.3. The van der Waals surface area contributed by atoms with E-state index >= 15 is 0 Å². The maximum absolute atomic E-state index is 11.3. The molecule has 3 heteroatoms. The van der Waals surface area contributed by atoms with Gasteiger partial charge in [0.25, 0.3) is 0 Å². The quantitative estimate of drug-likeness (QED) is 0.479. The van der Waals surface area contributed by atoms with Crippen molar-refractivity contribution in [1.29, 1.82) is 0 Å². The summed E-state index contributed by atoms with van der Waals surface area (Å²) in [5.41, 5.74) is 0. The predicted octanol–water partition coefficient (Wildman–Crippen LogP) is 1.07. The minimum Gasteiger partial charge on any atom is -0.353 e. The van der Waals surface area contributed by atoms with Gasteiger partial charge in [-0.2, -0.15) is 0 Å². The fourth-order valence-corrected chi connectivity index (χ4v) is 0.904. The summed E-state index contributed by atoms with van der Waals surface area (Å²) in [6.07, 6.45) is 2.72. The molecule has 0 saturated heterocycles. The lowest BCUT2D eigenvalue weighted by Crippen LogP contribution is -2.44. The average molecular weight is 184 g/mol. The van der Waals surface area contributed by atoms with E-state index in [0.29, 0.717) is 0 Å². The second-order valence-corrected chi connectivity index (χ2v) is 3.42. The third-order valence-corrected chi connectivity index (χ3v) is 1.62. The van der Waals surface area contributed by atoms with Crippen molar-refractivity contribution in [3.8, 4) is 0 Å². The van der Waals surface area contributed by atoms with Gasteiger partial charge in [-0.05, 0) is 33.7 Å². The van der Waals surface area contributed by atoms with E-state index in [9.17, 15) is 4.79 Å². The lowest BCUT2D eigenvalue weighted by molar-refractivity contribution is -0.123. The molecular formula is C10H20N2O. The molecule has 0 aromatic rings. The molecule has 0 radical (unpaired) electrons. The number of carbonyl (C=O) groups excluding carboxylic acids is 1. The molecule has 0 spiro atoms. The zero-order valence-corrected chi connectivity index (χ0v) is 8.76. The van der Waals surface area contributed by atoms with E-state index in [-0.39, 0.29) is 18.0 Å². The van der Waals surface area contributed by atoms with Crippen molar-refractivity contribution in [2.45, 2.75) is 39.3 Å². The van der Waals surface area contributed by atoms with E-state index in [0.717, 1.165) is 13.0 Å². The van der Waals surface area contributed by atoms with Crippen LogP contribution in [0, 0.1) is 0 Å². The largest absolute Gasteiger partial charge is 0.353 e. The lowest BCUT2D eigenvalue weighted by atomic mass is 10.2. The summed E-state index contributed by atoms with van der Waals surface area (Å²) < 4.78 is 0. The SMILES string of the molecule is C=CCCNC(C)C(=O)NC(C)C. The molecule has 0 bridgehead atoms. The van der Waals surface area contributed by atoms with Crippen molar-refractivity contribution in [3.63, 3.8) is 0 Å². The summed E-state index contributed by atoms with van der Waals surface area (Å²) >= 11 is 0. The third kappa shape index (κ3) is 6.34. The molecule has 0 fully saturated rings. The standard InChI is InChI=1S/C10H20N2O/c1-5-6-7-11-9(4)10(13)12-8(2)3/h5,8-9,11H,1,6-7H2,2-4H3,(H,12,13). The fourth-order valence-electron chi connectivity index (χ4n) is 0.904. The second-order valence-electron chi connectivity index (χ2n) is 3.42. The predicted molar refractivity (Wildman–Crippen MR) is 55.6 cm³/mol. The van der Waals surface area contributed by atoms with Crippen molar-refractivity contribution < 1.29 is 4.79 Å². The van der Waals surface area contributed by atoms with Gasteiger partial charge >= 0.3 is 0 Å². The Balaban J connectivity index is 3.62. The first-order valence-electron chi connectivity index (χ1n) is 4.72. The monoisotopic (exact) mass is 184 g/mol. The van der Waals surface area contributed by atoms with Gasteiger partial charge in [0.15, 0.2) is 0 Å². The number of amides is 1. The normalized spacial score (nSPS) is 12.6. The van der Waals surface area contributed by atoms with Gasteiger partial charge in [0.2, 0.25) is 5.91 Å². The smallest absolute Gasteiger partial charge is 0.237 e. The Bertz CT molecular complexity index is 166. The minimum atomic E-state index is -0.123. The van der Waals surface area contributed by atoms with Crippen LogP contribution in [0.1, 0.15) is 27.2 Å². The van der Waals surface area contributed by atoms with E-state index in [1.807, 2.05) is 26.8 Å². The zero-order valence-electron chi connectivity index (χ0n) is 8.76. The van der Waals surface area contributed by atoms with E-state index in [1.165, 1.54) is 0 Å². The van der Waals surface area contributed by atoms with E-state index in [2.05, 4.69) is 17.2 Å². The van der Waals surface area contributed by atoms with Gasteiger partial charge in [0, 0.05) is 6.04 Å². The van der Waals surface area contributed by atoms with Crippen molar-refractivity contribution >= 4 is 5.91 Å². The number of hydrogen-bond donors (Lipinski definition) is 2. The molecule has 1 unspecified atom stereocenters. The molecule has 0 saturated carbocycles. The van der Waals surface area contributed by atoms with Crippen LogP contribution in [-0.4, -0.2) is 24.5 Å². The highest BCUT2D eigenvalue weighted by molar-refractivity contribution is 5.81. The van der Waals surface area contributed by atoms with Crippen molar-refractivity contribution in [2.75, 3.05) is 6.54 Å². The highest BCUT2D eigenvalue weighted by Crippen LogP contribution is 1.86. The molecule has 2 N–H and O–H groups in total. The fraction of sp³-hybridized carbons (Fsp3) is 0.700. The molecule has 1 amide bonds. The summed E-state index contributed by atoms with van der Waals surface area (Å²) in [5.74, 6) is 0.0547. The summed E-state index contributed by atoms with van der Waals surface area (Å²) in [7, 11) is 0. The summed E-state index contributed by atoms with van der Waals surface area (Å²) in [5, 5.41) is 5.95. The molecule has 0 heterocycles. The van der Waals surface area contributed by atoms with Crippen LogP contribution < -0.4 is 10.6 Å². The van der Waals surface area contributed by atoms with Crippen molar-refractivity contribution in [2.24, 2.45) is 0 Å². The van der Waals surface area contributed by atoms with E-state index in [4.69, 9.17) is 0 Å². The molecule has 13 heavy (non-hydrogen) atoms. The van der Waals surface area contributed by atoms with Crippen LogP contribution >= 0.6 is 0 Å². The summed E-state index contributed by atoms with van der Waals surface area (Å²) in [6, 6.07) is 0.0819. The van der Waals surface area contributed by atoms with Crippen LogP contribution in [0.2, 0.25) is 0 Å². The number of carbonyl (C=O) groups is 1. The molecule has 0 aliphatic rings. The second kappa shape index (κ2) is 6.66. The molecular weight excluding hydrogens is 164 g/mol. The Morgan fingerprint density at radius 1 is 1.46 bits per heavy atom. The average Bonchev–Trinajstić information content (AvgIpc) is 2.03.